The minimum absolute atomic E-state index is 0.00513. The van der Waals surface area contributed by atoms with E-state index in [0.29, 0.717) is 0 Å². The summed E-state index contributed by atoms with van der Waals surface area (Å²) < 4.78 is 3.24. The van der Waals surface area contributed by atoms with Gasteiger partial charge in [0.05, 0.1) is 0 Å². The molecule has 1 aliphatic rings. The van der Waals surface area contributed by atoms with Crippen LogP contribution >= 0.6 is 15.9 Å². The van der Waals surface area contributed by atoms with Crippen molar-refractivity contribution in [3.05, 3.63) is 64.3 Å². The van der Waals surface area contributed by atoms with Gasteiger partial charge in [0.2, 0.25) is 0 Å². The SMILES string of the molecule is CN1\C(=C/C=C(Br)/C=C\C(=[N+](C)C)C(C)(C)C)C(C)(C)c2ccccc21. The fourth-order valence-corrected chi connectivity index (χ4v) is 4.01. The first-order valence-corrected chi connectivity index (χ1v) is 9.89. The lowest BCUT2D eigenvalue weighted by Crippen LogP contribution is -2.26. The molecule has 2 rings (SSSR count). The average molecular weight is 416 g/mol. The van der Waals surface area contributed by atoms with E-state index in [-0.39, 0.29) is 10.8 Å². The van der Waals surface area contributed by atoms with Crippen molar-refractivity contribution in [2.75, 3.05) is 26.0 Å². The zero-order chi connectivity index (χ0) is 19.7. The number of hydrogen-bond acceptors (Lipinski definition) is 1. The van der Waals surface area contributed by atoms with E-state index >= 15 is 0 Å². The monoisotopic (exact) mass is 415 g/mol. The molecule has 0 N–H and O–H groups in total. The van der Waals surface area contributed by atoms with Crippen LogP contribution in [0.1, 0.15) is 40.2 Å². The molecule has 1 aliphatic heterocycles. The molecule has 0 amide bonds. The highest BCUT2D eigenvalue weighted by Crippen LogP contribution is 2.46. The molecule has 0 saturated heterocycles. The van der Waals surface area contributed by atoms with Crippen LogP contribution in [0.2, 0.25) is 0 Å². The molecule has 1 heterocycles. The van der Waals surface area contributed by atoms with E-state index in [1.807, 2.05) is 0 Å². The summed E-state index contributed by atoms with van der Waals surface area (Å²) in [5, 5.41) is 0. The van der Waals surface area contributed by atoms with Crippen molar-refractivity contribution in [3.8, 4) is 0 Å². The number of anilines is 1. The highest BCUT2D eigenvalue weighted by molar-refractivity contribution is 9.11. The minimum Gasteiger partial charge on any atom is -0.347 e. The molecule has 2 nitrogen and oxygen atoms in total. The Bertz CT molecular complexity index is 798. The predicted octanol–water partition coefficient (Wildman–Crippen LogP) is 5.89. The van der Waals surface area contributed by atoms with E-state index in [2.05, 4.69) is 130 Å². The summed E-state index contributed by atoms with van der Waals surface area (Å²) in [4.78, 5) is 2.29. The summed E-state index contributed by atoms with van der Waals surface area (Å²) in [5.74, 6) is 0. The Labute approximate surface area is 167 Å². The van der Waals surface area contributed by atoms with Crippen LogP contribution in [0.5, 0.6) is 0 Å². The maximum atomic E-state index is 3.70. The quantitative estimate of drug-likeness (QED) is 0.338. The molecule has 0 fully saturated rings. The van der Waals surface area contributed by atoms with Crippen molar-refractivity contribution in [1.82, 2.24) is 0 Å². The Balaban J connectivity index is 2.31. The minimum atomic E-state index is 0.00513. The number of fused-ring (bicyclic) bond motifs is 1. The predicted molar refractivity (Wildman–Crippen MR) is 119 cm³/mol. The summed E-state index contributed by atoms with van der Waals surface area (Å²) in [6, 6.07) is 8.65. The van der Waals surface area contributed by atoms with Crippen LogP contribution in [-0.2, 0) is 5.41 Å². The fraction of sp³-hybridized carbons (Fsp3) is 0.435. The lowest BCUT2D eigenvalue weighted by molar-refractivity contribution is -0.467. The van der Waals surface area contributed by atoms with Crippen LogP contribution in [0.4, 0.5) is 5.69 Å². The van der Waals surface area contributed by atoms with Crippen LogP contribution < -0.4 is 4.90 Å². The van der Waals surface area contributed by atoms with Crippen LogP contribution in [0.25, 0.3) is 0 Å². The Morgan fingerprint density at radius 1 is 1.12 bits per heavy atom. The third-order valence-electron chi connectivity index (χ3n) is 4.99. The topological polar surface area (TPSA) is 6.25 Å². The van der Waals surface area contributed by atoms with Crippen LogP contribution in [-0.4, -0.2) is 31.4 Å². The van der Waals surface area contributed by atoms with Crippen molar-refractivity contribution >= 4 is 27.3 Å². The second kappa shape index (κ2) is 7.56. The summed E-state index contributed by atoms with van der Waals surface area (Å²) in [6.07, 6.45) is 8.69. The summed E-state index contributed by atoms with van der Waals surface area (Å²) in [7, 11) is 6.34. The molecule has 1 aromatic carbocycles. The molecule has 140 valence electrons. The van der Waals surface area contributed by atoms with Crippen LogP contribution in [0.3, 0.4) is 0 Å². The van der Waals surface area contributed by atoms with Gasteiger partial charge in [-0.05, 0) is 29.9 Å². The molecule has 0 atom stereocenters. The summed E-state index contributed by atoms with van der Waals surface area (Å²) in [6.45, 7) is 11.3. The molecule has 0 spiro atoms. The fourth-order valence-electron chi connectivity index (χ4n) is 3.74. The Morgan fingerprint density at radius 3 is 2.27 bits per heavy atom. The summed E-state index contributed by atoms with van der Waals surface area (Å²) in [5.41, 5.74) is 5.38. The van der Waals surface area contributed by atoms with Gasteiger partial charge < -0.3 is 4.90 Å². The van der Waals surface area contributed by atoms with Gasteiger partial charge in [-0.3, -0.25) is 0 Å². The molecule has 0 aromatic heterocycles. The molecule has 0 saturated carbocycles. The zero-order valence-electron chi connectivity index (χ0n) is 17.4. The molecule has 0 radical (unpaired) electrons. The third-order valence-corrected chi connectivity index (χ3v) is 5.52. The molecule has 0 bridgehead atoms. The Hall–Kier alpha value is -1.61. The highest BCUT2D eigenvalue weighted by Gasteiger charge is 2.37. The highest BCUT2D eigenvalue weighted by atomic mass is 79.9. The van der Waals surface area contributed by atoms with E-state index < -0.39 is 0 Å². The molecular formula is C23H32BrN2+. The van der Waals surface area contributed by atoms with Gasteiger partial charge in [-0.25, -0.2) is 4.58 Å². The average Bonchev–Trinajstić information content (AvgIpc) is 2.71. The van der Waals surface area contributed by atoms with Gasteiger partial charge in [-0.1, -0.05) is 68.7 Å². The van der Waals surface area contributed by atoms with E-state index in [4.69, 9.17) is 0 Å². The molecule has 0 unspecified atom stereocenters. The second-order valence-electron chi connectivity index (χ2n) is 8.67. The van der Waals surface area contributed by atoms with E-state index in [1.165, 1.54) is 22.7 Å². The first-order valence-electron chi connectivity index (χ1n) is 9.10. The number of hydrogen-bond donors (Lipinski definition) is 0. The maximum Gasteiger partial charge on any atom is 0.180 e. The van der Waals surface area contributed by atoms with Crippen molar-refractivity contribution in [2.24, 2.45) is 5.41 Å². The molecule has 1 aromatic rings. The van der Waals surface area contributed by atoms with Gasteiger partial charge in [-0.2, -0.15) is 0 Å². The number of benzene rings is 1. The smallest absolute Gasteiger partial charge is 0.180 e. The summed E-state index contributed by atoms with van der Waals surface area (Å²) >= 11 is 3.70. The maximum absolute atomic E-state index is 3.70. The van der Waals surface area contributed by atoms with Crippen molar-refractivity contribution in [2.45, 2.75) is 40.0 Å². The van der Waals surface area contributed by atoms with Crippen LogP contribution in [0.15, 0.2) is 58.7 Å². The van der Waals surface area contributed by atoms with Gasteiger partial charge in [0.25, 0.3) is 0 Å². The van der Waals surface area contributed by atoms with Gasteiger partial charge in [0, 0.05) is 39.8 Å². The number of nitrogens with zero attached hydrogens (tertiary/aromatic N) is 2. The molecule has 0 aliphatic carbocycles. The Morgan fingerprint density at radius 2 is 1.73 bits per heavy atom. The number of rotatable bonds is 3. The first kappa shape index (κ1) is 20.7. The molecular weight excluding hydrogens is 384 g/mol. The van der Waals surface area contributed by atoms with Crippen molar-refractivity contribution in [3.63, 3.8) is 0 Å². The lowest BCUT2D eigenvalue weighted by Gasteiger charge is -2.23. The van der Waals surface area contributed by atoms with E-state index in [1.54, 1.807) is 0 Å². The number of para-hydroxylation sites is 1. The zero-order valence-corrected chi connectivity index (χ0v) is 19.0. The molecule has 3 heteroatoms. The van der Waals surface area contributed by atoms with E-state index in [0.717, 1.165) is 4.48 Å². The van der Waals surface area contributed by atoms with Crippen LogP contribution in [0, 0.1) is 5.41 Å². The number of likely N-dealkylation sites (N-methyl/N-ethyl adjacent to an activating group) is 1. The van der Waals surface area contributed by atoms with Gasteiger partial charge >= 0.3 is 0 Å². The third kappa shape index (κ3) is 4.20. The first-order chi connectivity index (χ1) is 12.0. The van der Waals surface area contributed by atoms with Gasteiger partial charge in [-0.15, -0.1) is 0 Å². The van der Waals surface area contributed by atoms with Crippen molar-refractivity contribution < 1.29 is 4.58 Å². The number of halogens is 1. The second-order valence-corrected chi connectivity index (χ2v) is 9.58. The standard InChI is InChI=1S/C23H32BrN2/c1-22(2,3)20(25(6)7)15-13-17(24)14-16-21-23(4,5)18-11-9-10-12-19(18)26(21)8/h9-16H,1-8H3/q+1. The van der Waals surface area contributed by atoms with Crippen molar-refractivity contribution in [1.29, 1.82) is 0 Å². The Kier molecular flexibility index (Phi) is 6.02. The largest absolute Gasteiger partial charge is 0.347 e. The van der Waals surface area contributed by atoms with E-state index in [9.17, 15) is 0 Å². The molecule has 26 heavy (non-hydrogen) atoms. The van der Waals surface area contributed by atoms with Gasteiger partial charge in [0.1, 0.15) is 14.1 Å². The normalized spacial score (nSPS) is 18.6. The lowest BCUT2D eigenvalue weighted by atomic mass is 9.84. The number of allylic oxidation sites excluding steroid dienone is 6. The van der Waals surface area contributed by atoms with Gasteiger partial charge in [0.15, 0.2) is 5.71 Å².